The number of sulfonamides is 1. The summed E-state index contributed by atoms with van der Waals surface area (Å²) in [6, 6.07) is 10.9. The maximum absolute atomic E-state index is 13.2. The summed E-state index contributed by atoms with van der Waals surface area (Å²) in [7, 11) is -1.78. The van der Waals surface area contributed by atoms with Gasteiger partial charge in [-0.15, -0.1) is 0 Å². The van der Waals surface area contributed by atoms with Crippen molar-refractivity contribution < 1.29 is 13.2 Å². The molecule has 7 nitrogen and oxygen atoms in total. The first-order valence-corrected chi connectivity index (χ1v) is 12.3. The van der Waals surface area contributed by atoms with E-state index >= 15 is 0 Å². The van der Waals surface area contributed by atoms with Crippen LogP contribution < -0.4 is 4.72 Å². The molecular weight excluding hydrogens is 412 g/mol. The number of carbonyl (C=O) groups excluding carboxylic acids is 1. The van der Waals surface area contributed by atoms with Gasteiger partial charge in [-0.2, -0.15) is 0 Å². The first-order chi connectivity index (χ1) is 14.8. The third-order valence-electron chi connectivity index (χ3n) is 5.92. The lowest BCUT2D eigenvalue weighted by atomic mass is 10.0. The fraction of sp³-hybridized carbons (Fsp3) is 0.478. The van der Waals surface area contributed by atoms with Gasteiger partial charge in [0.15, 0.2) is 0 Å². The summed E-state index contributed by atoms with van der Waals surface area (Å²) in [4.78, 5) is 21.9. The number of amides is 1. The number of pyridine rings is 1. The number of nitrogens with zero attached hydrogens (tertiary/aromatic N) is 3. The van der Waals surface area contributed by atoms with Crippen molar-refractivity contribution in [3.63, 3.8) is 0 Å². The Hall–Kier alpha value is -2.29. The molecule has 168 valence electrons. The van der Waals surface area contributed by atoms with E-state index in [2.05, 4.69) is 14.6 Å². The topological polar surface area (TPSA) is 82.6 Å². The van der Waals surface area contributed by atoms with Crippen LogP contribution >= 0.6 is 0 Å². The Balaban J connectivity index is 1.61. The molecule has 0 spiro atoms. The van der Waals surface area contributed by atoms with Gasteiger partial charge in [0.1, 0.15) is 0 Å². The van der Waals surface area contributed by atoms with Gasteiger partial charge in [-0.3, -0.25) is 9.78 Å². The van der Waals surface area contributed by atoms with E-state index in [1.807, 2.05) is 38.4 Å². The number of carbonyl (C=O) groups is 1. The van der Waals surface area contributed by atoms with Crippen LogP contribution in [0.4, 0.5) is 0 Å². The van der Waals surface area contributed by atoms with Crippen LogP contribution in [0.3, 0.4) is 0 Å². The molecule has 1 N–H and O–H groups in total. The van der Waals surface area contributed by atoms with Crippen molar-refractivity contribution in [3.05, 3.63) is 59.4 Å². The van der Waals surface area contributed by atoms with E-state index in [4.69, 9.17) is 0 Å². The molecule has 0 bridgehead atoms. The van der Waals surface area contributed by atoms with Gasteiger partial charge in [-0.1, -0.05) is 19.1 Å². The second-order valence-electron chi connectivity index (χ2n) is 8.04. The molecule has 3 rings (SSSR count). The minimum atomic E-state index is -3.60. The summed E-state index contributed by atoms with van der Waals surface area (Å²) in [6.07, 6.45) is 4.55. The van der Waals surface area contributed by atoms with Gasteiger partial charge in [0.25, 0.3) is 5.91 Å². The van der Waals surface area contributed by atoms with Crippen molar-refractivity contribution in [2.75, 3.05) is 33.2 Å². The number of rotatable bonds is 8. The number of benzene rings is 1. The van der Waals surface area contributed by atoms with E-state index in [0.717, 1.165) is 50.2 Å². The van der Waals surface area contributed by atoms with Crippen LogP contribution in [0.15, 0.2) is 47.5 Å². The summed E-state index contributed by atoms with van der Waals surface area (Å²) in [5.74, 6) is -0.127. The Morgan fingerprint density at radius 2 is 1.97 bits per heavy atom. The number of nitrogens with one attached hydrogen (secondary N) is 1. The van der Waals surface area contributed by atoms with Crippen LogP contribution in [-0.2, 0) is 16.4 Å². The van der Waals surface area contributed by atoms with E-state index in [0.29, 0.717) is 12.1 Å². The van der Waals surface area contributed by atoms with Crippen molar-refractivity contribution >= 4 is 15.9 Å². The third kappa shape index (κ3) is 5.90. The smallest absolute Gasteiger partial charge is 0.254 e. The van der Waals surface area contributed by atoms with Crippen LogP contribution in [0.1, 0.15) is 41.4 Å². The van der Waals surface area contributed by atoms with Crippen molar-refractivity contribution in [3.8, 4) is 0 Å². The Morgan fingerprint density at radius 3 is 2.61 bits per heavy atom. The molecule has 8 heteroatoms. The molecule has 31 heavy (non-hydrogen) atoms. The zero-order valence-corrected chi connectivity index (χ0v) is 19.4. The van der Waals surface area contributed by atoms with E-state index < -0.39 is 10.0 Å². The minimum Gasteiger partial charge on any atom is -0.339 e. The average Bonchev–Trinajstić information content (AvgIpc) is 2.78. The highest BCUT2D eigenvalue weighted by atomic mass is 32.2. The van der Waals surface area contributed by atoms with Crippen LogP contribution in [0, 0.1) is 6.92 Å². The van der Waals surface area contributed by atoms with Crippen LogP contribution in [0.25, 0.3) is 0 Å². The first-order valence-electron chi connectivity index (χ1n) is 10.8. The quantitative estimate of drug-likeness (QED) is 0.676. The Labute approximate surface area is 185 Å². The number of likely N-dealkylation sites (tertiary alicyclic amines) is 1. The number of aromatic nitrogens is 1. The second-order valence-corrected chi connectivity index (χ2v) is 9.80. The van der Waals surface area contributed by atoms with Crippen LogP contribution in [-0.4, -0.2) is 68.4 Å². The maximum atomic E-state index is 13.2. The highest BCUT2D eigenvalue weighted by molar-refractivity contribution is 7.89. The Morgan fingerprint density at radius 1 is 1.23 bits per heavy atom. The Bertz CT molecular complexity index is 987. The zero-order chi connectivity index (χ0) is 22.4. The lowest BCUT2D eigenvalue weighted by Crippen LogP contribution is -2.46. The molecule has 0 saturated carbocycles. The molecule has 0 atom stereocenters. The zero-order valence-electron chi connectivity index (χ0n) is 18.5. The molecule has 0 unspecified atom stereocenters. The fourth-order valence-electron chi connectivity index (χ4n) is 3.98. The first kappa shape index (κ1) is 23.4. The third-order valence-corrected chi connectivity index (χ3v) is 7.46. The normalized spacial score (nSPS) is 15.7. The molecule has 1 amide bonds. The van der Waals surface area contributed by atoms with Gasteiger partial charge in [0.2, 0.25) is 10.0 Å². The van der Waals surface area contributed by atoms with Crippen LogP contribution in [0.5, 0.6) is 0 Å². The predicted molar refractivity (Wildman–Crippen MR) is 122 cm³/mol. The monoisotopic (exact) mass is 444 g/mol. The molecule has 1 aromatic heterocycles. The number of hydrogen-bond donors (Lipinski definition) is 1. The minimum absolute atomic E-state index is 0.126. The molecule has 0 aliphatic carbocycles. The van der Waals surface area contributed by atoms with Gasteiger partial charge in [-0.05, 0) is 49.6 Å². The van der Waals surface area contributed by atoms with Crippen molar-refractivity contribution in [1.82, 2.24) is 19.5 Å². The molecule has 2 aromatic rings. The molecule has 1 aliphatic heterocycles. The van der Waals surface area contributed by atoms with E-state index in [9.17, 15) is 13.2 Å². The van der Waals surface area contributed by atoms with E-state index in [1.54, 1.807) is 24.0 Å². The second kappa shape index (κ2) is 10.3. The van der Waals surface area contributed by atoms with E-state index in [-0.39, 0.29) is 16.8 Å². The molecule has 1 aliphatic rings. The summed E-state index contributed by atoms with van der Waals surface area (Å²) in [5.41, 5.74) is 2.32. The molecule has 1 aromatic carbocycles. The molecule has 0 radical (unpaired) electrons. The summed E-state index contributed by atoms with van der Waals surface area (Å²) < 4.78 is 27.2. The predicted octanol–water partition coefficient (Wildman–Crippen LogP) is 2.47. The van der Waals surface area contributed by atoms with E-state index in [1.165, 1.54) is 6.07 Å². The number of aryl methyl sites for hydroxylation is 1. The fourth-order valence-corrected chi connectivity index (χ4v) is 5.04. The summed E-state index contributed by atoms with van der Waals surface area (Å²) in [6.45, 7) is 6.70. The van der Waals surface area contributed by atoms with Gasteiger partial charge < -0.3 is 9.80 Å². The average molecular weight is 445 g/mol. The largest absolute Gasteiger partial charge is 0.339 e. The summed E-state index contributed by atoms with van der Waals surface area (Å²) >= 11 is 0. The molecule has 2 heterocycles. The standard InChI is InChI=1S/C23H32N4O3S/c1-4-25-31(29,30)21-9-8-18(2)22(17-21)23(28)26(3)20-11-15-27(16-12-20)14-10-19-7-5-6-13-24-19/h5-9,13,17,20,25H,4,10-12,14-16H2,1-3H3. The highest BCUT2D eigenvalue weighted by Gasteiger charge is 2.27. The van der Waals surface area contributed by atoms with Crippen molar-refractivity contribution in [2.45, 2.75) is 44.0 Å². The lowest BCUT2D eigenvalue weighted by molar-refractivity contribution is 0.0642. The lowest BCUT2D eigenvalue weighted by Gasteiger charge is -2.37. The molecule has 1 saturated heterocycles. The highest BCUT2D eigenvalue weighted by Crippen LogP contribution is 2.21. The summed E-state index contributed by atoms with van der Waals surface area (Å²) in [5, 5.41) is 0. The van der Waals surface area contributed by atoms with Crippen LogP contribution in [0.2, 0.25) is 0 Å². The van der Waals surface area contributed by atoms with Crippen molar-refractivity contribution in [1.29, 1.82) is 0 Å². The Kier molecular flexibility index (Phi) is 7.80. The van der Waals surface area contributed by atoms with Gasteiger partial charge in [-0.25, -0.2) is 13.1 Å². The number of piperidine rings is 1. The van der Waals surface area contributed by atoms with Gasteiger partial charge in [0.05, 0.1) is 4.90 Å². The SMILES string of the molecule is CCNS(=O)(=O)c1ccc(C)c(C(=O)N(C)C2CCN(CCc3ccccn3)CC2)c1. The van der Waals surface area contributed by atoms with Crippen molar-refractivity contribution in [2.24, 2.45) is 0 Å². The molecule has 1 fully saturated rings. The molecular formula is C23H32N4O3S. The van der Waals surface area contributed by atoms with Gasteiger partial charge in [0, 0.05) is 63.1 Å². The maximum Gasteiger partial charge on any atom is 0.254 e. The number of hydrogen-bond acceptors (Lipinski definition) is 5. The van der Waals surface area contributed by atoms with Gasteiger partial charge >= 0.3 is 0 Å².